The van der Waals surface area contributed by atoms with E-state index < -0.39 is 5.97 Å². The van der Waals surface area contributed by atoms with Gasteiger partial charge in [0, 0.05) is 5.57 Å². The Morgan fingerprint density at radius 2 is 1.26 bits per heavy atom. The smallest absolute Gasteiger partial charge is 0.342 e. The van der Waals surface area contributed by atoms with Gasteiger partial charge < -0.3 is 4.74 Å². The average Bonchev–Trinajstić information content (AvgIpc) is 2.53. The van der Waals surface area contributed by atoms with E-state index in [1.807, 2.05) is 60.7 Å². The van der Waals surface area contributed by atoms with Crippen LogP contribution in [0.15, 0.2) is 66.2 Å². The molecule has 2 aromatic rings. The van der Waals surface area contributed by atoms with Gasteiger partial charge in [0.05, 0.1) is 6.10 Å². The van der Waals surface area contributed by atoms with Crippen molar-refractivity contribution in [1.29, 1.82) is 0 Å². The number of benzene rings is 2. The maximum atomic E-state index is 12.5. The van der Waals surface area contributed by atoms with Gasteiger partial charge in [-0.15, -0.1) is 0 Å². The van der Waals surface area contributed by atoms with Gasteiger partial charge in [0.15, 0.2) is 5.78 Å². The predicted octanol–water partition coefficient (Wildman–Crippen LogP) is 4.03. The second kappa shape index (κ2) is 7.54. The summed E-state index contributed by atoms with van der Waals surface area (Å²) in [5.41, 5.74) is 2.30. The fourth-order valence-electron chi connectivity index (χ4n) is 2.36. The predicted molar refractivity (Wildman–Crippen MR) is 90.8 cm³/mol. The highest BCUT2D eigenvalue weighted by Crippen LogP contribution is 2.28. The van der Waals surface area contributed by atoms with Crippen molar-refractivity contribution >= 4 is 17.3 Å². The number of hydrogen-bond acceptors (Lipinski definition) is 3. The third kappa shape index (κ3) is 4.16. The molecule has 0 aliphatic rings. The highest BCUT2D eigenvalue weighted by molar-refractivity contribution is 6.23. The van der Waals surface area contributed by atoms with Crippen molar-refractivity contribution in [3.05, 3.63) is 77.4 Å². The molecule has 3 heteroatoms. The van der Waals surface area contributed by atoms with Crippen molar-refractivity contribution in [2.75, 3.05) is 0 Å². The number of hydrogen-bond donors (Lipinski definition) is 0. The van der Waals surface area contributed by atoms with Gasteiger partial charge >= 0.3 is 5.97 Å². The number of Topliss-reactive ketones (excluding diaryl/α,β-unsaturated/α-hetero) is 1. The highest BCUT2D eigenvalue weighted by Gasteiger charge is 2.24. The van der Waals surface area contributed by atoms with Crippen LogP contribution in [-0.2, 0) is 14.3 Å². The molecule has 0 aliphatic carbocycles. The molecule has 23 heavy (non-hydrogen) atoms. The molecule has 0 heterocycles. The normalized spacial score (nSPS) is 10.3. The van der Waals surface area contributed by atoms with Crippen LogP contribution in [0.4, 0.5) is 0 Å². The van der Waals surface area contributed by atoms with Crippen LogP contribution in [0, 0.1) is 0 Å². The fourth-order valence-corrected chi connectivity index (χ4v) is 2.36. The largest absolute Gasteiger partial charge is 0.459 e. The summed E-state index contributed by atoms with van der Waals surface area (Å²) in [6.45, 7) is 4.92. The summed E-state index contributed by atoms with van der Waals surface area (Å²) in [6.07, 6.45) is -0.287. The van der Waals surface area contributed by atoms with Crippen molar-refractivity contribution in [2.45, 2.75) is 26.9 Å². The molecule has 0 saturated carbocycles. The average molecular weight is 308 g/mol. The molecule has 0 saturated heterocycles. The van der Waals surface area contributed by atoms with Gasteiger partial charge in [0.2, 0.25) is 0 Å². The fraction of sp³-hybridized carbons (Fsp3) is 0.200. The Hall–Kier alpha value is -2.68. The topological polar surface area (TPSA) is 43.4 Å². The van der Waals surface area contributed by atoms with Gasteiger partial charge in [-0.2, -0.15) is 0 Å². The van der Waals surface area contributed by atoms with E-state index in [1.54, 1.807) is 13.8 Å². The van der Waals surface area contributed by atoms with Gasteiger partial charge in [0.25, 0.3) is 0 Å². The molecule has 0 unspecified atom stereocenters. The Labute approximate surface area is 136 Å². The van der Waals surface area contributed by atoms with Crippen molar-refractivity contribution in [3.63, 3.8) is 0 Å². The number of carbonyl (C=O) groups excluding carboxylic acids is 2. The lowest BCUT2D eigenvalue weighted by atomic mass is 9.91. The van der Waals surface area contributed by atoms with Gasteiger partial charge in [-0.05, 0) is 31.9 Å². The Morgan fingerprint density at radius 3 is 1.61 bits per heavy atom. The van der Waals surface area contributed by atoms with Crippen LogP contribution in [0.25, 0.3) is 5.57 Å². The first-order chi connectivity index (χ1) is 11.0. The van der Waals surface area contributed by atoms with E-state index in [4.69, 9.17) is 4.74 Å². The van der Waals surface area contributed by atoms with Crippen LogP contribution in [0.1, 0.15) is 31.9 Å². The first-order valence-corrected chi connectivity index (χ1v) is 7.57. The summed E-state index contributed by atoms with van der Waals surface area (Å²) >= 11 is 0. The zero-order valence-corrected chi connectivity index (χ0v) is 13.6. The SMILES string of the molecule is CC(=O)C(C(=O)OC(C)C)=C(c1ccccc1)c1ccccc1. The van der Waals surface area contributed by atoms with E-state index in [1.165, 1.54) is 6.92 Å². The second-order valence-corrected chi connectivity index (χ2v) is 5.49. The summed E-state index contributed by atoms with van der Waals surface area (Å²) < 4.78 is 5.28. The number of carbonyl (C=O) groups is 2. The Kier molecular flexibility index (Phi) is 5.47. The minimum Gasteiger partial charge on any atom is -0.459 e. The molecule has 118 valence electrons. The molecule has 0 aromatic heterocycles. The summed E-state index contributed by atoms with van der Waals surface area (Å²) in [5, 5.41) is 0. The summed E-state index contributed by atoms with van der Waals surface area (Å²) in [5.74, 6) is -0.895. The minimum atomic E-state index is -0.588. The van der Waals surface area contributed by atoms with Crippen molar-refractivity contribution in [2.24, 2.45) is 0 Å². The third-order valence-corrected chi connectivity index (χ3v) is 3.27. The van der Waals surface area contributed by atoms with Crippen molar-refractivity contribution in [3.8, 4) is 0 Å². The zero-order chi connectivity index (χ0) is 16.8. The van der Waals surface area contributed by atoms with Crippen LogP contribution < -0.4 is 0 Å². The number of esters is 1. The molecular formula is C20H20O3. The summed E-state index contributed by atoms with van der Waals surface area (Å²) in [7, 11) is 0. The second-order valence-electron chi connectivity index (χ2n) is 5.49. The first-order valence-electron chi connectivity index (χ1n) is 7.57. The van der Waals surface area contributed by atoms with Crippen molar-refractivity contribution < 1.29 is 14.3 Å². The monoisotopic (exact) mass is 308 g/mol. The molecule has 2 aromatic carbocycles. The molecule has 0 fully saturated rings. The van der Waals surface area contributed by atoms with Gasteiger partial charge in [0.1, 0.15) is 5.57 Å². The lowest BCUT2D eigenvalue weighted by Crippen LogP contribution is -2.19. The van der Waals surface area contributed by atoms with Crippen LogP contribution >= 0.6 is 0 Å². The maximum absolute atomic E-state index is 12.5. The van der Waals surface area contributed by atoms with Crippen molar-refractivity contribution in [1.82, 2.24) is 0 Å². The summed E-state index contributed by atoms with van der Waals surface area (Å²) in [6, 6.07) is 18.8. The van der Waals surface area contributed by atoms with Gasteiger partial charge in [-0.25, -0.2) is 4.79 Å². The molecule has 0 bridgehead atoms. The van der Waals surface area contributed by atoms with E-state index in [0.29, 0.717) is 5.57 Å². The molecule has 0 aliphatic heterocycles. The van der Waals surface area contributed by atoms with Crippen LogP contribution in [0.5, 0.6) is 0 Å². The molecule has 3 nitrogen and oxygen atoms in total. The molecule has 2 rings (SSSR count). The Balaban J connectivity index is 2.71. The number of ether oxygens (including phenoxy) is 1. The molecular weight excluding hydrogens is 288 g/mol. The Morgan fingerprint density at radius 1 is 0.826 bits per heavy atom. The number of ketones is 1. The third-order valence-electron chi connectivity index (χ3n) is 3.27. The first kappa shape index (κ1) is 16.7. The van der Waals surface area contributed by atoms with Crippen LogP contribution in [-0.4, -0.2) is 17.9 Å². The molecule has 0 atom stereocenters. The quantitative estimate of drug-likeness (QED) is 0.362. The Bertz CT molecular complexity index is 672. The number of rotatable bonds is 5. The van der Waals surface area contributed by atoms with E-state index >= 15 is 0 Å². The zero-order valence-electron chi connectivity index (χ0n) is 13.6. The minimum absolute atomic E-state index is 0.0797. The van der Waals surface area contributed by atoms with E-state index in [-0.39, 0.29) is 17.5 Å². The lowest BCUT2D eigenvalue weighted by Gasteiger charge is -2.15. The molecule has 0 N–H and O–H groups in total. The van der Waals surface area contributed by atoms with Crippen LogP contribution in [0.2, 0.25) is 0 Å². The van der Waals surface area contributed by atoms with Gasteiger partial charge in [-0.1, -0.05) is 60.7 Å². The van der Waals surface area contributed by atoms with E-state index in [0.717, 1.165) is 11.1 Å². The van der Waals surface area contributed by atoms with Gasteiger partial charge in [-0.3, -0.25) is 4.79 Å². The molecule has 0 radical (unpaired) electrons. The van der Waals surface area contributed by atoms with Crippen LogP contribution in [0.3, 0.4) is 0 Å². The van der Waals surface area contributed by atoms with E-state index in [9.17, 15) is 9.59 Å². The molecule has 0 spiro atoms. The highest BCUT2D eigenvalue weighted by atomic mass is 16.5. The lowest BCUT2D eigenvalue weighted by molar-refractivity contribution is -0.143. The standard InChI is InChI=1S/C20H20O3/c1-14(2)23-20(22)18(15(3)21)19(16-10-6-4-7-11-16)17-12-8-5-9-13-17/h4-14H,1-3H3. The van der Waals surface area contributed by atoms with E-state index in [2.05, 4.69) is 0 Å². The summed E-state index contributed by atoms with van der Waals surface area (Å²) in [4.78, 5) is 24.7. The molecule has 0 amide bonds. The maximum Gasteiger partial charge on any atom is 0.342 e.